The third-order valence-corrected chi connectivity index (χ3v) is 4.82. The number of amides is 1. The van der Waals surface area contributed by atoms with Crippen LogP contribution in [0.2, 0.25) is 0 Å². The molecular formula is C18H26N2O. The lowest BCUT2D eigenvalue weighted by Crippen LogP contribution is -2.19. The molecule has 0 radical (unpaired) electrons. The maximum absolute atomic E-state index is 12.1. The number of carbonyl (C=O) groups excluding carboxylic acids is 1. The van der Waals surface area contributed by atoms with Crippen molar-refractivity contribution < 1.29 is 4.79 Å². The van der Waals surface area contributed by atoms with Crippen molar-refractivity contribution in [1.29, 1.82) is 0 Å². The molecule has 3 rings (SSSR count). The van der Waals surface area contributed by atoms with Crippen LogP contribution in [0.15, 0.2) is 24.3 Å². The van der Waals surface area contributed by atoms with E-state index in [2.05, 4.69) is 22.3 Å². The van der Waals surface area contributed by atoms with E-state index in [1.54, 1.807) is 0 Å². The van der Waals surface area contributed by atoms with Gasteiger partial charge in [0.15, 0.2) is 0 Å². The number of nitrogens with one attached hydrogen (secondary N) is 1. The zero-order chi connectivity index (χ0) is 14.5. The monoisotopic (exact) mass is 286 g/mol. The first-order chi connectivity index (χ1) is 10.3. The number of hydrogen-bond acceptors (Lipinski definition) is 2. The van der Waals surface area contributed by atoms with Crippen molar-refractivity contribution in [2.45, 2.75) is 51.4 Å². The topological polar surface area (TPSA) is 32.3 Å². The van der Waals surface area contributed by atoms with E-state index in [4.69, 9.17) is 0 Å². The van der Waals surface area contributed by atoms with Crippen LogP contribution in [0.1, 0.15) is 51.4 Å². The van der Waals surface area contributed by atoms with Crippen LogP contribution in [0, 0.1) is 5.92 Å². The first kappa shape index (κ1) is 14.4. The second-order valence-electron chi connectivity index (χ2n) is 6.50. The Morgan fingerprint density at radius 3 is 2.33 bits per heavy atom. The second-order valence-corrected chi connectivity index (χ2v) is 6.50. The molecule has 0 unspecified atom stereocenters. The Hall–Kier alpha value is -1.51. The highest BCUT2D eigenvalue weighted by Crippen LogP contribution is 2.27. The molecule has 1 aromatic rings. The molecule has 0 aromatic heterocycles. The molecule has 2 fully saturated rings. The fourth-order valence-corrected chi connectivity index (χ4v) is 3.60. The standard InChI is InChI=1S/C18H26N2O/c21-18(14-15-6-2-1-3-7-15)19-16-8-10-17(11-9-16)20-12-4-5-13-20/h8-11,15H,1-7,12-14H2,(H,19,21). The first-order valence-corrected chi connectivity index (χ1v) is 8.46. The summed E-state index contributed by atoms with van der Waals surface area (Å²) in [5.41, 5.74) is 2.21. The number of nitrogens with zero attached hydrogens (tertiary/aromatic N) is 1. The Kier molecular flexibility index (Phi) is 4.79. The van der Waals surface area contributed by atoms with Crippen LogP contribution in [-0.4, -0.2) is 19.0 Å². The predicted octanol–water partition coefficient (Wildman–Crippen LogP) is 4.20. The molecule has 0 atom stereocenters. The summed E-state index contributed by atoms with van der Waals surface area (Å²) in [7, 11) is 0. The fourth-order valence-electron chi connectivity index (χ4n) is 3.60. The Labute approximate surface area is 127 Å². The summed E-state index contributed by atoms with van der Waals surface area (Å²) < 4.78 is 0. The molecule has 3 nitrogen and oxygen atoms in total. The lowest BCUT2D eigenvalue weighted by Gasteiger charge is -2.21. The van der Waals surface area contributed by atoms with E-state index in [0.29, 0.717) is 12.3 Å². The maximum atomic E-state index is 12.1. The molecule has 1 amide bonds. The van der Waals surface area contributed by atoms with E-state index in [9.17, 15) is 4.79 Å². The highest BCUT2D eigenvalue weighted by atomic mass is 16.1. The average molecular weight is 286 g/mol. The van der Waals surface area contributed by atoms with Gasteiger partial charge in [-0.15, -0.1) is 0 Å². The van der Waals surface area contributed by atoms with Crippen LogP contribution in [0.25, 0.3) is 0 Å². The lowest BCUT2D eigenvalue weighted by atomic mass is 9.87. The van der Waals surface area contributed by atoms with Gasteiger partial charge in [0.25, 0.3) is 0 Å². The van der Waals surface area contributed by atoms with E-state index in [1.807, 2.05) is 12.1 Å². The Bertz CT molecular complexity index is 457. The minimum atomic E-state index is 0.177. The van der Waals surface area contributed by atoms with E-state index in [1.165, 1.54) is 50.6 Å². The summed E-state index contributed by atoms with van der Waals surface area (Å²) in [6, 6.07) is 8.32. The summed E-state index contributed by atoms with van der Waals surface area (Å²) >= 11 is 0. The number of hydrogen-bond donors (Lipinski definition) is 1. The zero-order valence-electron chi connectivity index (χ0n) is 12.8. The van der Waals surface area contributed by atoms with Crippen LogP contribution < -0.4 is 10.2 Å². The molecule has 1 N–H and O–H groups in total. The quantitative estimate of drug-likeness (QED) is 0.900. The van der Waals surface area contributed by atoms with E-state index >= 15 is 0 Å². The van der Waals surface area contributed by atoms with Gasteiger partial charge in [-0.2, -0.15) is 0 Å². The Morgan fingerprint density at radius 1 is 1.00 bits per heavy atom. The number of benzene rings is 1. The molecule has 1 saturated carbocycles. The highest BCUT2D eigenvalue weighted by Gasteiger charge is 2.17. The molecule has 0 spiro atoms. The largest absolute Gasteiger partial charge is 0.372 e. The number of carbonyl (C=O) groups is 1. The lowest BCUT2D eigenvalue weighted by molar-refractivity contribution is -0.117. The van der Waals surface area contributed by atoms with E-state index in [-0.39, 0.29) is 5.91 Å². The summed E-state index contributed by atoms with van der Waals surface area (Å²) in [4.78, 5) is 14.5. The van der Waals surface area contributed by atoms with Gasteiger partial charge in [0, 0.05) is 30.9 Å². The second kappa shape index (κ2) is 6.97. The molecule has 21 heavy (non-hydrogen) atoms. The van der Waals surface area contributed by atoms with Crippen molar-refractivity contribution >= 4 is 17.3 Å². The maximum Gasteiger partial charge on any atom is 0.224 e. The van der Waals surface area contributed by atoms with Gasteiger partial charge in [0.2, 0.25) is 5.91 Å². The van der Waals surface area contributed by atoms with Gasteiger partial charge in [0.1, 0.15) is 0 Å². The third kappa shape index (κ3) is 3.99. The van der Waals surface area contributed by atoms with Crippen LogP contribution in [-0.2, 0) is 4.79 Å². The van der Waals surface area contributed by atoms with Crippen LogP contribution in [0.4, 0.5) is 11.4 Å². The van der Waals surface area contributed by atoms with Crippen molar-refractivity contribution in [3.05, 3.63) is 24.3 Å². The molecule has 1 aromatic carbocycles. The van der Waals surface area contributed by atoms with Gasteiger partial charge in [-0.25, -0.2) is 0 Å². The minimum absolute atomic E-state index is 0.177. The summed E-state index contributed by atoms with van der Waals surface area (Å²) in [5.74, 6) is 0.776. The molecule has 1 aliphatic heterocycles. The normalized spacial score (nSPS) is 19.7. The smallest absolute Gasteiger partial charge is 0.224 e. The van der Waals surface area contributed by atoms with Gasteiger partial charge in [-0.3, -0.25) is 4.79 Å². The summed E-state index contributed by atoms with van der Waals surface area (Å²) in [6.45, 7) is 2.32. The van der Waals surface area contributed by atoms with Crippen molar-refractivity contribution in [2.75, 3.05) is 23.3 Å². The van der Waals surface area contributed by atoms with Gasteiger partial charge in [-0.1, -0.05) is 19.3 Å². The van der Waals surface area contributed by atoms with Crippen molar-refractivity contribution in [3.8, 4) is 0 Å². The number of rotatable bonds is 4. The van der Waals surface area contributed by atoms with Crippen molar-refractivity contribution in [3.63, 3.8) is 0 Å². The van der Waals surface area contributed by atoms with Crippen molar-refractivity contribution in [1.82, 2.24) is 0 Å². The molecule has 3 heteroatoms. The van der Waals surface area contributed by atoms with Crippen molar-refractivity contribution in [2.24, 2.45) is 5.92 Å². The minimum Gasteiger partial charge on any atom is -0.372 e. The average Bonchev–Trinajstić information content (AvgIpc) is 3.03. The molecule has 1 saturated heterocycles. The van der Waals surface area contributed by atoms with E-state index < -0.39 is 0 Å². The highest BCUT2D eigenvalue weighted by molar-refractivity contribution is 5.91. The Morgan fingerprint density at radius 2 is 1.67 bits per heavy atom. The van der Waals surface area contributed by atoms with Gasteiger partial charge in [0.05, 0.1) is 0 Å². The fraction of sp³-hybridized carbons (Fsp3) is 0.611. The third-order valence-electron chi connectivity index (χ3n) is 4.82. The van der Waals surface area contributed by atoms with Crippen LogP contribution in [0.5, 0.6) is 0 Å². The van der Waals surface area contributed by atoms with Gasteiger partial charge < -0.3 is 10.2 Å². The number of anilines is 2. The van der Waals surface area contributed by atoms with Crippen LogP contribution in [0.3, 0.4) is 0 Å². The van der Waals surface area contributed by atoms with Gasteiger partial charge >= 0.3 is 0 Å². The molecule has 2 aliphatic rings. The predicted molar refractivity (Wildman–Crippen MR) is 87.7 cm³/mol. The summed E-state index contributed by atoms with van der Waals surface area (Å²) in [6.07, 6.45) is 9.65. The molecule has 0 bridgehead atoms. The molecule has 114 valence electrons. The SMILES string of the molecule is O=C(CC1CCCCC1)Nc1ccc(N2CCCC2)cc1. The van der Waals surface area contributed by atoms with Crippen LogP contribution >= 0.6 is 0 Å². The molecular weight excluding hydrogens is 260 g/mol. The van der Waals surface area contributed by atoms with E-state index in [0.717, 1.165) is 18.8 Å². The van der Waals surface area contributed by atoms with Gasteiger partial charge in [-0.05, 0) is 55.9 Å². The summed E-state index contributed by atoms with van der Waals surface area (Å²) in [5, 5.41) is 3.05. The zero-order valence-corrected chi connectivity index (χ0v) is 12.8. The molecule has 1 aliphatic carbocycles. The first-order valence-electron chi connectivity index (χ1n) is 8.46. The molecule has 1 heterocycles. The Balaban J connectivity index is 1.50.